The number of anilines is 4. The van der Waals surface area contributed by atoms with Crippen molar-refractivity contribution < 1.29 is 14.2 Å². The molecule has 4 aromatic rings. The van der Waals surface area contributed by atoms with Crippen LogP contribution in [-0.2, 0) is 0 Å². The Kier molecular flexibility index (Phi) is 8.20. The van der Waals surface area contributed by atoms with Gasteiger partial charge in [0.25, 0.3) is 0 Å². The number of hydrogen-bond acceptors (Lipinski definition) is 8. The fourth-order valence-corrected chi connectivity index (χ4v) is 3.67. The maximum atomic E-state index is 6.12. The minimum absolute atomic E-state index is 0.361. The first-order chi connectivity index (χ1) is 17.6. The van der Waals surface area contributed by atoms with Gasteiger partial charge in [0, 0.05) is 35.1 Å². The fourth-order valence-electron chi connectivity index (χ4n) is 3.54. The van der Waals surface area contributed by atoms with Crippen LogP contribution in [0.1, 0.15) is 5.56 Å². The molecule has 8 nitrogen and oxygen atoms in total. The Morgan fingerprint density at radius 1 is 0.889 bits per heavy atom. The molecule has 0 fully saturated rings. The zero-order valence-electron chi connectivity index (χ0n) is 20.2. The molecule has 0 atom stereocenters. The number of halogens is 1. The molecule has 0 unspecified atom stereocenters. The van der Waals surface area contributed by atoms with E-state index in [-0.39, 0.29) is 0 Å². The fraction of sp³-hybridized carbons (Fsp3) is 0.148. The molecule has 0 aliphatic heterocycles. The normalized spacial score (nSPS) is 10.8. The Hall–Kier alpha value is -4.30. The van der Waals surface area contributed by atoms with Gasteiger partial charge in [-0.3, -0.25) is 0 Å². The van der Waals surface area contributed by atoms with Crippen LogP contribution < -0.4 is 24.4 Å². The van der Waals surface area contributed by atoms with E-state index >= 15 is 0 Å². The highest BCUT2D eigenvalue weighted by molar-refractivity contribution is 6.30. The van der Waals surface area contributed by atoms with Crippen molar-refractivity contribution in [1.29, 1.82) is 0 Å². The molecule has 0 spiro atoms. The third-order valence-electron chi connectivity index (χ3n) is 5.26. The summed E-state index contributed by atoms with van der Waals surface area (Å²) in [6.07, 6.45) is 5.58. The van der Waals surface area contributed by atoms with Gasteiger partial charge in [-0.1, -0.05) is 54.1 Å². The average molecular weight is 504 g/mol. The van der Waals surface area contributed by atoms with Gasteiger partial charge >= 0.3 is 0 Å². The molecule has 3 aromatic carbocycles. The van der Waals surface area contributed by atoms with Crippen molar-refractivity contribution in [3.05, 3.63) is 89.7 Å². The molecule has 1 aromatic heterocycles. The predicted molar refractivity (Wildman–Crippen MR) is 143 cm³/mol. The number of methoxy groups -OCH3 is 3. The Balaban J connectivity index is 1.63. The maximum absolute atomic E-state index is 6.12. The van der Waals surface area contributed by atoms with E-state index in [1.54, 1.807) is 33.5 Å². The molecule has 0 aliphatic rings. The van der Waals surface area contributed by atoms with E-state index in [9.17, 15) is 0 Å². The minimum atomic E-state index is 0.361. The molecule has 36 heavy (non-hydrogen) atoms. The van der Waals surface area contributed by atoms with E-state index in [0.717, 1.165) is 11.3 Å². The monoisotopic (exact) mass is 503 g/mol. The molecule has 0 saturated carbocycles. The molecule has 1 heterocycles. The lowest BCUT2D eigenvalue weighted by molar-refractivity contribution is 0.324. The molecule has 0 amide bonds. The summed E-state index contributed by atoms with van der Waals surface area (Å²) in [5, 5.41) is 3.85. The number of aromatic nitrogens is 3. The average Bonchev–Trinajstić information content (AvgIpc) is 2.92. The summed E-state index contributed by atoms with van der Waals surface area (Å²) in [5.41, 5.74) is 2.67. The topological polar surface area (TPSA) is 81.6 Å². The molecule has 184 valence electrons. The van der Waals surface area contributed by atoms with Crippen LogP contribution in [0, 0.1) is 0 Å². The number of rotatable bonds is 10. The Morgan fingerprint density at radius 2 is 1.58 bits per heavy atom. The number of hydrogen-bond donors (Lipinski definition) is 1. The summed E-state index contributed by atoms with van der Waals surface area (Å²) in [6, 6.07) is 21.2. The van der Waals surface area contributed by atoms with Crippen LogP contribution in [0.2, 0.25) is 5.02 Å². The zero-order chi connectivity index (χ0) is 25.3. The smallest absolute Gasteiger partial charge is 0.235 e. The highest BCUT2D eigenvalue weighted by Crippen LogP contribution is 2.40. The predicted octanol–water partition coefficient (Wildman–Crippen LogP) is 6.15. The van der Waals surface area contributed by atoms with E-state index in [1.165, 1.54) is 6.33 Å². The minimum Gasteiger partial charge on any atom is -0.493 e. The van der Waals surface area contributed by atoms with E-state index in [1.807, 2.05) is 59.5 Å². The van der Waals surface area contributed by atoms with Gasteiger partial charge in [-0.15, -0.1) is 0 Å². The van der Waals surface area contributed by atoms with Gasteiger partial charge in [0.1, 0.15) is 6.33 Å². The van der Waals surface area contributed by atoms with E-state index in [0.29, 0.717) is 46.4 Å². The van der Waals surface area contributed by atoms with Crippen molar-refractivity contribution in [3.63, 3.8) is 0 Å². The second kappa shape index (κ2) is 11.9. The molecule has 1 N–H and O–H groups in total. The summed E-state index contributed by atoms with van der Waals surface area (Å²) in [5.74, 6) is 2.37. The van der Waals surface area contributed by atoms with E-state index in [2.05, 4.69) is 32.4 Å². The van der Waals surface area contributed by atoms with Crippen molar-refractivity contribution in [2.45, 2.75) is 0 Å². The van der Waals surface area contributed by atoms with E-state index < -0.39 is 0 Å². The summed E-state index contributed by atoms with van der Waals surface area (Å²) < 4.78 is 16.3. The molecule has 9 heteroatoms. The lowest BCUT2D eigenvalue weighted by atomic mass is 10.2. The van der Waals surface area contributed by atoms with Crippen LogP contribution in [-0.4, -0.2) is 42.8 Å². The third kappa shape index (κ3) is 6.03. The number of nitrogens with one attached hydrogen (secondary N) is 1. The van der Waals surface area contributed by atoms with Crippen molar-refractivity contribution in [1.82, 2.24) is 15.0 Å². The zero-order valence-corrected chi connectivity index (χ0v) is 20.9. The van der Waals surface area contributed by atoms with Crippen molar-refractivity contribution in [2.75, 3.05) is 38.1 Å². The summed E-state index contributed by atoms with van der Waals surface area (Å²) in [7, 11) is 4.69. The first kappa shape index (κ1) is 24.8. The highest BCUT2D eigenvalue weighted by Gasteiger charge is 2.16. The quantitative estimate of drug-likeness (QED) is 0.276. The second-order valence-electron chi connectivity index (χ2n) is 7.55. The number of nitrogens with zero attached hydrogens (tertiary/aromatic N) is 4. The number of ether oxygens (including phenoxy) is 3. The van der Waals surface area contributed by atoms with Gasteiger partial charge in [-0.05, 0) is 29.8 Å². The Morgan fingerprint density at radius 3 is 2.22 bits per heavy atom. The van der Waals surface area contributed by atoms with Crippen LogP contribution in [0.15, 0.2) is 79.1 Å². The van der Waals surface area contributed by atoms with Gasteiger partial charge < -0.3 is 24.4 Å². The largest absolute Gasteiger partial charge is 0.493 e. The van der Waals surface area contributed by atoms with Gasteiger partial charge in [0.15, 0.2) is 11.5 Å². The van der Waals surface area contributed by atoms with Crippen molar-refractivity contribution in [3.8, 4) is 17.2 Å². The molecule has 0 aliphatic carbocycles. The van der Waals surface area contributed by atoms with E-state index in [4.69, 9.17) is 25.8 Å². The Bertz CT molecular complexity index is 1290. The molecule has 0 radical (unpaired) electrons. The lowest BCUT2D eigenvalue weighted by Crippen LogP contribution is -2.20. The van der Waals surface area contributed by atoms with Gasteiger partial charge in [0.05, 0.1) is 21.3 Å². The third-order valence-corrected chi connectivity index (χ3v) is 5.51. The van der Waals surface area contributed by atoms with Gasteiger partial charge in [-0.2, -0.15) is 4.98 Å². The summed E-state index contributed by atoms with van der Waals surface area (Å²) >= 11 is 6.12. The lowest BCUT2D eigenvalue weighted by Gasteiger charge is -2.21. The highest BCUT2D eigenvalue weighted by atomic mass is 35.5. The van der Waals surface area contributed by atoms with Gasteiger partial charge in [0.2, 0.25) is 17.6 Å². The molecule has 0 saturated heterocycles. The SMILES string of the molecule is COc1cc(Nc2ncnc(N(C/C=C/c3ccccc3)c3ccc(Cl)cc3)n2)cc(OC)c1OC. The second-order valence-corrected chi connectivity index (χ2v) is 7.98. The molecular formula is C27H26ClN5O3. The first-order valence-electron chi connectivity index (χ1n) is 11.1. The van der Waals surface area contributed by atoms with Crippen molar-refractivity contribution >= 4 is 40.9 Å². The summed E-state index contributed by atoms with van der Waals surface area (Å²) in [4.78, 5) is 15.4. The number of benzene rings is 3. The molecule has 4 rings (SSSR count). The van der Waals surface area contributed by atoms with Gasteiger partial charge in [-0.25, -0.2) is 9.97 Å². The maximum Gasteiger partial charge on any atom is 0.235 e. The molecule has 0 bridgehead atoms. The van der Waals surface area contributed by atoms with Crippen LogP contribution in [0.5, 0.6) is 17.2 Å². The van der Waals surface area contributed by atoms with Crippen LogP contribution in [0.3, 0.4) is 0 Å². The first-order valence-corrected chi connectivity index (χ1v) is 11.5. The van der Waals surface area contributed by atoms with Crippen molar-refractivity contribution in [2.24, 2.45) is 0 Å². The van der Waals surface area contributed by atoms with Crippen LogP contribution in [0.4, 0.5) is 23.3 Å². The Labute approximate surface area is 215 Å². The standard InChI is InChI=1S/C27H26ClN5O3/c1-34-23-16-21(17-24(35-2)25(23)36-3)31-26-29-18-30-27(32-26)33(22-13-11-20(28)12-14-22)15-7-10-19-8-5-4-6-9-19/h4-14,16-18H,15H2,1-3H3,(H,29,30,31,32)/b10-7+. The van der Waals surface area contributed by atoms with Crippen LogP contribution >= 0.6 is 11.6 Å². The van der Waals surface area contributed by atoms with Crippen LogP contribution in [0.25, 0.3) is 6.08 Å². The molecular weight excluding hydrogens is 478 g/mol. The summed E-state index contributed by atoms with van der Waals surface area (Å²) in [6.45, 7) is 0.532.